The lowest BCUT2D eigenvalue weighted by Gasteiger charge is -2.33. The largest absolute Gasteiger partial charge is 0.352 e. The molecule has 4 unspecified atom stereocenters. The summed E-state index contributed by atoms with van der Waals surface area (Å²) in [7, 11) is 0. The Labute approximate surface area is 145 Å². The van der Waals surface area contributed by atoms with Crippen molar-refractivity contribution in [3.05, 3.63) is 0 Å². The molecule has 2 N–H and O–H groups in total. The van der Waals surface area contributed by atoms with Crippen molar-refractivity contribution in [1.29, 1.82) is 0 Å². The first-order valence-corrected chi connectivity index (χ1v) is 9.96. The van der Waals surface area contributed by atoms with Crippen LogP contribution in [-0.2, 0) is 4.79 Å². The number of rotatable bonds is 5. The zero-order valence-corrected chi connectivity index (χ0v) is 15.3. The molecule has 2 saturated heterocycles. The summed E-state index contributed by atoms with van der Waals surface area (Å²) in [5.41, 5.74) is 0. The van der Waals surface area contributed by atoms with E-state index >= 15 is 0 Å². The second-order valence-electron chi connectivity index (χ2n) is 7.13. The Bertz CT molecular complexity index is 355. The SMILES string of the molecule is CCSC1CCCCC1NC(=O)CC1CC2CCC(C1)N2.Cl. The van der Waals surface area contributed by atoms with Gasteiger partial charge >= 0.3 is 0 Å². The van der Waals surface area contributed by atoms with Gasteiger partial charge in [0.15, 0.2) is 0 Å². The van der Waals surface area contributed by atoms with E-state index in [4.69, 9.17) is 0 Å². The van der Waals surface area contributed by atoms with Crippen LogP contribution in [0.4, 0.5) is 0 Å². The van der Waals surface area contributed by atoms with E-state index in [-0.39, 0.29) is 12.4 Å². The second-order valence-corrected chi connectivity index (χ2v) is 8.65. The van der Waals surface area contributed by atoms with Crippen molar-refractivity contribution in [2.24, 2.45) is 5.92 Å². The summed E-state index contributed by atoms with van der Waals surface area (Å²) in [5.74, 6) is 2.09. The molecule has 0 aromatic rings. The number of carbonyl (C=O) groups is 1. The molecule has 1 aliphatic carbocycles. The Morgan fingerprint density at radius 2 is 1.82 bits per heavy atom. The molecule has 1 saturated carbocycles. The Kier molecular flexibility index (Phi) is 7.36. The summed E-state index contributed by atoms with van der Waals surface area (Å²) < 4.78 is 0. The third-order valence-electron chi connectivity index (χ3n) is 5.47. The Morgan fingerprint density at radius 3 is 2.50 bits per heavy atom. The second kappa shape index (κ2) is 8.79. The van der Waals surface area contributed by atoms with Gasteiger partial charge in [-0.1, -0.05) is 19.8 Å². The molecular formula is C17H31ClN2OS. The minimum absolute atomic E-state index is 0. The molecule has 0 spiro atoms. The molecule has 0 radical (unpaired) electrons. The van der Waals surface area contributed by atoms with Crippen LogP contribution in [0.25, 0.3) is 0 Å². The van der Waals surface area contributed by atoms with Crippen molar-refractivity contribution in [1.82, 2.24) is 10.6 Å². The van der Waals surface area contributed by atoms with Gasteiger partial charge in [-0.25, -0.2) is 0 Å². The average molecular weight is 347 g/mol. The maximum absolute atomic E-state index is 12.4. The van der Waals surface area contributed by atoms with Gasteiger partial charge in [0.05, 0.1) is 0 Å². The van der Waals surface area contributed by atoms with E-state index in [0.717, 1.165) is 12.2 Å². The highest BCUT2D eigenvalue weighted by Gasteiger charge is 2.35. The van der Waals surface area contributed by atoms with Crippen LogP contribution in [0.15, 0.2) is 0 Å². The molecule has 5 heteroatoms. The number of amides is 1. The average Bonchev–Trinajstić information content (AvgIpc) is 2.80. The summed E-state index contributed by atoms with van der Waals surface area (Å²) in [5, 5.41) is 7.68. The molecule has 0 aromatic heterocycles. The van der Waals surface area contributed by atoms with Gasteiger partial charge in [0.1, 0.15) is 0 Å². The number of hydrogen-bond donors (Lipinski definition) is 2. The lowest BCUT2D eigenvalue weighted by atomic mass is 9.89. The Morgan fingerprint density at radius 1 is 1.14 bits per heavy atom. The maximum atomic E-state index is 12.4. The molecular weight excluding hydrogens is 316 g/mol. The van der Waals surface area contributed by atoms with Crippen LogP contribution in [-0.4, -0.2) is 35.0 Å². The quantitative estimate of drug-likeness (QED) is 0.800. The van der Waals surface area contributed by atoms with Crippen LogP contribution >= 0.6 is 24.2 Å². The zero-order chi connectivity index (χ0) is 14.7. The fraction of sp³-hybridized carbons (Fsp3) is 0.941. The minimum atomic E-state index is 0. The van der Waals surface area contributed by atoms with E-state index in [1.807, 2.05) is 11.8 Å². The van der Waals surface area contributed by atoms with Crippen molar-refractivity contribution in [2.45, 2.75) is 88.1 Å². The Hall–Kier alpha value is 0.0700. The van der Waals surface area contributed by atoms with Crippen LogP contribution in [0.5, 0.6) is 0 Å². The van der Waals surface area contributed by atoms with E-state index in [9.17, 15) is 4.79 Å². The molecule has 4 atom stereocenters. The molecule has 2 aliphatic heterocycles. The summed E-state index contributed by atoms with van der Waals surface area (Å²) in [4.78, 5) is 12.4. The highest BCUT2D eigenvalue weighted by molar-refractivity contribution is 7.99. The van der Waals surface area contributed by atoms with E-state index < -0.39 is 0 Å². The standard InChI is InChI=1S/C17H30N2OS.ClH/c1-2-21-16-6-4-3-5-15(16)19-17(20)11-12-9-13-7-8-14(10-12)18-13;/h12-16,18H,2-11H2,1H3,(H,19,20);1H. The van der Waals surface area contributed by atoms with Crippen molar-refractivity contribution in [3.63, 3.8) is 0 Å². The fourth-order valence-corrected chi connectivity index (χ4v) is 5.74. The summed E-state index contributed by atoms with van der Waals surface area (Å²) in [6, 6.07) is 1.81. The number of nitrogens with one attached hydrogen (secondary N) is 2. The van der Waals surface area contributed by atoms with Crippen LogP contribution in [0.1, 0.15) is 64.7 Å². The minimum Gasteiger partial charge on any atom is -0.352 e. The summed E-state index contributed by atoms with van der Waals surface area (Å²) >= 11 is 2.03. The third kappa shape index (κ3) is 4.78. The lowest BCUT2D eigenvalue weighted by molar-refractivity contribution is -0.123. The van der Waals surface area contributed by atoms with Crippen molar-refractivity contribution in [3.8, 4) is 0 Å². The fourth-order valence-electron chi connectivity index (χ4n) is 4.55. The van der Waals surface area contributed by atoms with Gasteiger partial charge < -0.3 is 10.6 Å². The van der Waals surface area contributed by atoms with Crippen molar-refractivity contribution in [2.75, 3.05) is 5.75 Å². The zero-order valence-electron chi connectivity index (χ0n) is 13.7. The normalized spacial score (nSPS) is 37.4. The smallest absolute Gasteiger partial charge is 0.220 e. The first kappa shape index (κ1) is 18.4. The van der Waals surface area contributed by atoms with E-state index in [1.165, 1.54) is 51.4 Å². The maximum Gasteiger partial charge on any atom is 0.220 e. The molecule has 2 heterocycles. The summed E-state index contributed by atoms with van der Waals surface area (Å²) in [6.45, 7) is 2.23. The van der Waals surface area contributed by atoms with Gasteiger partial charge in [-0.2, -0.15) is 11.8 Å². The number of fused-ring (bicyclic) bond motifs is 2. The molecule has 3 nitrogen and oxygen atoms in total. The van der Waals surface area contributed by atoms with E-state index in [2.05, 4.69) is 17.6 Å². The highest BCUT2D eigenvalue weighted by Crippen LogP contribution is 2.33. The molecule has 128 valence electrons. The van der Waals surface area contributed by atoms with Gasteiger partial charge in [-0.15, -0.1) is 12.4 Å². The molecule has 0 aromatic carbocycles. The number of thioether (sulfide) groups is 1. The van der Waals surface area contributed by atoms with Gasteiger partial charge in [0.2, 0.25) is 5.91 Å². The lowest BCUT2D eigenvalue weighted by Crippen LogP contribution is -2.45. The predicted molar refractivity (Wildman–Crippen MR) is 96.9 cm³/mol. The van der Waals surface area contributed by atoms with Crippen LogP contribution in [0.3, 0.4) is 0 Å². The van der Waals surface area contributed by atoms with E-state index in [0.29, 0.717) is 35.2 Å². The molecule has 3 fully saturated rings. The van der Waals surface area contributed by atoms with Gasteiger partial charge in [0, 0.05) is 29.8 Å². The molecule has 1 amide bonds. The third-order valence-corrected chi connectivity index (χ3v) is 6.80. The number of halogens is 1. The van der Waals surface area contributed by atoms with Gasteiger partial charge in [-0.3, -0.25) is 4.79 Å². The van der Waals surface area contributed by atoms with Gasteiger partial charge in [-0.05, 0) is 50.2 Å². The first-order valence-electron chi connectivity index (χ1n) is 8.91. The molecule has 22 heavy (non-hydrogen) atoms. The number of hydrogen-bond acceptors (Lipinski definition) is 3. The summed E-state index contributed by atoms with van der Waals surface area (Å²) in [6.07, 6.45) is 10.9. The van der Waals surface area contributed by atoms with Crippen LogP contribution in [0, 0.1) is 5.92 Å². The van der Waals surface area contributed by atoms with E-state index in [1.54, 1.807) is 0 Å². The number of carbonyl (C=O) groups excluding carboxylic acids is 1. The molecule has 2 bridgehead atoms. The highest BCUT2D eigenvalue weighted by atomic mass is 35.5. The van der Waals surface area contributed by atoms with Crippen LogP contribution in [0.2, 0.25) is 0 Å². The molecule has 3 aliphatic rings. The predicted octanol–water partition coefficient (Wildman–Crippen LogP) is 3.51. The van der Waals surface area contributed by atoms with Crippen molar-refractivity contribution >= 4 is 30.1 Å². The Balaban J connectivity index is 0.00000176. The van der Waals surface area contributed by atoms with Crippen molar-refractivity contribution < 1.29 is 4.79 Å². The first-order chi connectivity index (χ1) is 10.2. The van der Waals surface area contributed by atoms with Gasteiger partial charge in [0.25, 0.3) is 0 Å². The molecule has 3 rings (SSSR count). The monoisotopic (exact) mass is 346 g/mol. The number of piperidine rings is 1. The topological polar surface area (TPSA) is 41.1 Å². The van der Waals surface area contributed by atoms with Crippen LogP contribution < -0.4 is 10.6 Å².